The summed E-state index contributed by atoms with van der Waals surface area (Å²) >= 11 is 6.24. The van der Waals surface area contributed by atoms with E-state index in [1.165, 1.54) is 0 Å². The minimum atomic E-state index is -0.327. The molecule has 0 fully saturated rings. The van der Waals surface area contributed by atoms with Gasteiger partial charge in [-0.3, -0.25) is 9.78 Å². The Balaban J connectivity index is 1.52. The fourth-order valence-corrected chi connectivity index (χ4v) is 2.96. The number of pyridine rings is 1. The molecule has 0 atom stereocenters. The van der Waals surface area contributed by atoms with Gasteiger partial charge in [0.15, 0.2) is 0 Å². The second-order valence-corrected chi connectivity index (χ2v) is 6.39. The fraction of sp³-hybridized carbons (Fsp3) is 0.105. The molecule has 0 spiro atoms. The summed E-state index contributed by atoms with van der Waals surface area (Å²) in [6.45, 7) is 1.89. The highest BCUT2D eigenvalue weighted by molar-refractivity contribution is 6.33. The number of rotatable bonds is 5. The monoisotopic (exact) mass is 394 g/mol. The number of nitrogens with zero attached hydrogens (tertiary/aromatic N) is 5. The smallest absolute Gasteiger partial charge is 0.257 e. The molecule has 0 aliphatic heterocycles. The summed E-state index contributed by atoms with van der Waals surface area (Å²) in [6, 6.07) is 10.8. The maximum atomic E-state index is 12.8. The molecule has 0 saturated heterocycles. The predicted molar refractivity (Wildman–Crippen MR) is 102 cm³/mol. The van der Waals surface area contributed by atoms with Crippen LogP contribution < -0.4 is 5.32 Å². The van der Waals surface area contributed by atoms with Gasteiger partial charge in [0, 0.05) is 18.0 Å². The largest absolute Gasteiger partial charge is 0.360 e. The summed E-state index contributed by atoms with van der Waals surface area (Å²) in [4.78, 5) is 16.7. The number of carbonyl (C=O) groups is 1. The van der Waals surface area contributed by atoms with Crippen molar-refractivity contribution in [2.75, 3.05) is 0 Å². The van der Waals surface area contributed by atoms with Crippen molar-refractivity contribution < 1.29 is 9.32 Å². The van der Waals surface area contributed by atoms with Gasteiger partial charge in [-0.05, 0) is 25.1 Å². The number of benzene rings is 1. The molecule has 0 bridgehead atoms. The first-order valence-corrected chi connectivity index (χ1v) is 8.82. The van der Waals surface area contributed by atoms with Crippen LogP contribution in [-0.4, -0.2) is 31.0 Å². The Morgan fingerprint density at radius 3 is 2.79 bits per heavy atom. The van der Waals surface area contributed by atoms with Gasteiger partial charge in [-0.15, -0.1) is 5.10 Å². The highest BCUT2D eigenvalue weighted by atomic mass is 35.5. The molecule has 1 aromatic carbocycles. The van der Waals surface area contributed by atoms with Gasteiger partial charge in [-0.25, -0.2) is 4.68 Å². The van der Waals surface area contributed by atoms with Gasteiger partial charge in [0.2, 0.25) is 0 Å². The van der Waals surface area contributed by atoms with Gasteiger partial charge >= 0.3 is 0 Å². The number of halogens is 1. The summed E-state index contributed by atoms with van der Waals surface area (Å²) < 4.78 is 6.85. The topological polar surface area (TPSA) is 98.7 Å². The number of hydrogen-bond donors (Lipinski definition) is 1. The Kier molecular flexibility index (Phi) is 4.86. The van der Waals surface area contributed by atoms with Crippen molar-refractivity contribution >= 4 is 17.5 Å². The summed E-state index contributed by atoms with van der Waals surface area (Å²) in [5.41, 5.74) is 2.82. The molecule has 4 aromatic rings. The molecule has 0 unspecified atom stereocenters. The average molecular weight is 395 g/mol. The van der Waals surface area contributed by atoms with E-state index in [9.17, 15) is 4.79 Å². The third-order valence-electron chi connectivity index (χ3n) is 4.12. The number of nitrogens with one attached hydrogen (secondary N) is 1. The first kappa shape index (κ1) is 17.9. The first-order chi connectivity index (χ1) is 13.6. The first-order valence-electron chi connectivity index (χ1n) is 8.44. The Morgan fingerprint density at radius 2 is 2.00 bits per heavy atom. The van der Waals surface area contributed by atoms with Crippen LogP contribution in [-0.2, 0) is 6.54 Å². The third-order valence-corrected chi connectivity index (χ3v) is 4.45. The molecule has 0 aliphatic rings. The molecule has 0 aliphatic carbocycles. The van der Waals surface area contributed by atoms with Crippen LogP contribution in [0.15, 0.2) is 59.5 Å². The number of carbonyl (C=O) groups excluding carboxylic acids is 1. The molecule has 9 heteroatoms. The second kappa shape index (κ2) is 7.61. The van der Waals surface area contributed by atoms with Gasteiger partial charge in [-0.2, -0.15) is 0 Å². The zero-order valence-corrected chi connectivity index (χ0v) is 15.6. The average Bonchev–Trinajstić information content (AvgIpc) is 3.34. The number of aromatic nitrogens is 5. The zero-order chi connectivity index (χ0) is 19.5. The number of hydrogen-bond acceptors (Lipinski definition) is 6. The van der Waals surface area contributed by atoms with Crippen LogP contribution in [0.2, 0.25) is 5.02 Å². The lowest BCUT2D eigenvalue weighted by Gasteiger charge is -2.05. The predicted octanol–water partition coefficient (Wildman–Crippen LogP) is 3.21. The molecule has 8 nitrogen and oxygen atoms in total. The molecular formula is C19H15ClN6O2. The van der Waals surface area contributed by atoms with Crippen LogP contribution in [0.1, 0.15) is 21.8 Å². The van der Waals surface area contributed by atoms with Gasteiger partial charge < -0.3 is 9.84 Å². The minimum Gasteiger partial charge on any atom is -0.360 e. The normalized spacial score (nSPS) is 10.8. The second-order valence-electron chi connectivity index (χ2n) is 5.98. The van der Waals surface area contributed by atoms with Gasteiger partial charge in [0.1, 0.15) is 22.7 Å². The van der Waals surface area contributed by atoms with E-state index >= 15 is 0 Å². The molecule has 3 aromatic heterocycles. The molecule has 0 radical (unpaired) electrons. The summed E-state index contributed by atoms with van der Waals surface area (Å²) in [7, 11) is 0. The minimum absolute atomic E-state index is 0.205. The van der Waals surface area contributed by atoms with Gasteiger partial charge in [-0.1, -0.05) is 40.2 Å². The fourth-order valence-electron chi connectivity index (χ4n) is 2.74. The Hall–Kier alpha value is -3.52. The van der Waals surface area contributed by atoms with Crippen LogP contribution in [0, 0.1) is 6.92 Å². The van der Waals surface area contributed by atoms with E-state index in [2.05, 4.69) is 25.8 Å². The van der Waals surface area contributed by atoms with Crippen molar-refractivity contribution in [1.82, 2.24) is 30.5 Å². The van der Waals surface area contributed by atoms with Crippen molar-refractivity contribution in [3.8, 4) is 16.9 Å². The molecule has 4 rings (SSSR count). The van der Waals surface area contributed by atoms with Crippen molar-refractivity contribution in [3.63, 3.8) is 0 Å². The van der Waals surface area contributed by atoms with Gasteiger partial charge in [0.05, 0.1) is 23.5 Å². The lowest BCUT2D eigenvalue weighted by Crippen LogP contribution is -2.24. The number of amides is 1. The van der Waals surface area contributed by atoms with E-state index in [0.717, 1.165) is 5.69 Å². The van der Waals surface area contributed by atoms with E-state index in [1.807, 2.05) is 24.3 Å². The molecule has 0 saturated carbocycles. The van der Waals surface area contributed by atoms with Crippen LogP contribution in [0.4, 0.5) is 0 Å². The standard InChI is InChI=1S/C19H15ClN6O2/c1-12-17(18(24-28-12)15-4-2-3-5-16(15)20)19(27)22-10-13-11-26(25-23-13)14-6-8-21-9-7-14/h2-9,11H,10H2,1H3,(H,22,27). The molecule has 3 heterocycles. The number of aryl methyl sites for hydroxylation is 1. The molecule has 28 heavy (non-hydrogen) atoms. The molecular weight excluding hydrogens is 380 g/mol. The van der Waals surface area contributed by atoms with Crippen LogP contribution in [0.25, 0.3) is 16.9 Å². The lowest BCUT2D eigenvalue weighted by molar-refractivity contribution is 0.0949. The molecule has 1 amide bonds. The lowest BCUT2D eigenvalue weighted by atomic mass is 10.1. The quantitative estimate of drug-likeness (QED) is 0.558. The van der Waals surface area contributed by atoms with Crippen LogP contribution in [0.3, 0.4) is 0 Å². The van der Waals surface area contributed by atoms with Crippen LogP contribution >= 0.6 is 11.6 Å². The Morgan fingerprint density at radius 1 is 1.21 bits per heavy atom. The summed E-state index contributed by atoms with van der Waals surface area (Å²) in [6.07, 6.45) is 5.08. The molecule has 1 N–H and O–H groups in total. The van der Waals surface area contributed by atoms with Gasteiger partial charge in [0.25, 0.3) is 5.91 Å². The Labute approximate surface area is 165 Å². The van der Waals surface area contributed by atoms with Crippen molar-refractivity contribution in [1.29, 1.82) is 0 Å². The molecule has 140 valence electrons. The van der Waals surface area contributed by atoms with E-state index in [1.54, 1.807) is 42.3 Å². The highest BCUT2D eigenvalue weighted by Gasteiger charge is 2.23. The van der Waals surface area contributed by atoms with E-state index in [4.69, 9.17) is 16.1 Å². The van der Waals surface area contributed by atoms with E-state index < -0.39 is 0 Å². The Bertz CT molecular complexity index is 1120. The van der Waals surface area contributed by atoms with Crippen molar-refractivity contribution in [3.05, 3.63) is 77.0 Å². The summed E-state index contributed by atoms with van der Waals surface area (Å²) in [5, 5.41) is 15.5. The van der Waals surface area contributed by atoms with Crippen LogP contribution in [0.5, 0.6) is 0 Å². The summed E-state index contributed by atoms with van der Waals surface area (Å²) in [5.74, 6) is 0.0833. The van der Waals surface area contributed by atoms with E-state index in [-0.39, 0.29) is 12.5 Å². The highest BCUT2D eigenvalue weighted by Crippen LogP contribution is 2.30. The van der Waals surface area contributed by atoms with Crippen molar-refractivity contribution in [2.24, 2.45) is 0 Å². The van der Waals surface area contributed by atoms with Crippen molar-refractivity contribution in [2.45, 2.75) is 13.5 Å². The SMILES string of the molecule is Cc1onc(-c2ccccc2Cl)c1C(=O)NCc1cn(-c2ccncc2)nn1. The third kappa shape index (κ3) is 3.49. The maximum absolute atomic E-state index is 12.8. The van der Waals surface area contributed by atoms with E-state index in [0.29, 0.717) is 33.3 Å². The zero-order valence-electron chi connectivity index (χ0n) is 14.8. The maximum Gasteiger partial charge on any atom is 0.257 e.